The Hall–Kier alpha value is -7.36. The summed E-state index contributed by atoms with van der Waals surface area (Å²) in [6.07, 6.45) is 0. The minimum Gasteiger partial charge on any atom is -0.455 e. The van der Waals surface area contributed by atoms with E-state index in [0.717, 1.165) is 72.3 Å². The summed E-state index contributed by atoms with van der Waals surface area (Å²) in [4.78, 5) is 10.5. The summed E-state index contributed by atoms with van der Waals surface area (Å²) in [5, 5.41) is 2.23. The normalized spacial score (nSPS) is 14.5. The van der Waals surface area contributed by atoms with Crippen molar-refractivity contribution in [3.8, 4) is 67.3 Å². The van der Waals surface area contributed by atoms with E-state index in [1.807, 2.05) is 30.3 Å². The van der Waals surface area contributed by atoms with Gasteiger partial charge < -0.3 is 4.42 Å². The molecule has 1 aliphatic carbocycles. The van der Waals surface area contributed by atoms with Gasteiger partial charge in [0.2, 0.25) is 0 Å². The van der Waals surface area contributed by atoms with Gasteiger partial charge in [0.05, 0.1) is 11.4 Å². The molecule has 0 saturated carbocycles. The second-order valence-corrected chi connectivity index (χ2v) is 15.0. The van der Waals surface area contributed by atoms with E-state index in [1.165, 1.54) is 27.8 Å². The lowest BCUT2D eigenvalue weighted by atomic mass is 9.74. The topological polar surface area (TPSA) is 38.9 Å². The van der Waals surface area contributed by atoms with Crippen molar-refractivity contribution in [2.75, 3.05) is 0 Å². The van der Waals surface area contributed by atoms with E-state index in [9.17, 15) is 0 Å². The molecule has 11 rings (SSSR count). The van der Waals surface area contributed by atoms with Gasteiger partial charge >= 0.3 is 0 Å². The predicted molar refractivity (Wildman–Crippen MR) is 234 cm³/mol. The first-order valence-corrected chi connectivity index (χ1v) is 19.5. The van der Waals surface area contributed by atoms with E-state index < -0.39 is 0 Å². The highest BCUT2D eigenvalue weighted by molar-refractivity contribution is 6.09. The quantitative estimate of drug-likeness (QED) is 0.171. The SMILES string of the molecule is CC1(c2ccccc2)c2ccccc2-c2cc(-c3ccccc3-c3cc(-c4cccc(-c5cccc6c5oc5ccccc56)c4)nc(-c4ccccc4)n3)ccc21. The van der Waals surface area contributed by atoms with Crippen molar-refractivity contribution in [3.63, 3.8) is 0 Å². The second-order valence-electron chi connectivity index (χ2n) is 15.0. The molecule has 0 radical (unpaired) electrons. The highest BCUT2D eigenvalue weighted by Crippen LogP contribution is 2.53. The van der Waals surface area contributed by atoms with Gasteiger partial charge in [-0.05, 0) is 75.7 Å². The Bertz CT molecular complexity index is 3140. The molecule has 268 valence electrons. The van der Waals surface area contributed by atoms with Crippen molar-refractivity contribution in [1.82, 2.24) is 9.97 Å². The largest absolute Gasteiger partial charge is 0.455 e. The first kappa shape index (κ1) is 33.0. The summed E-state index contributed by atoms with van der Waals surface area (Å²) >= 11 is 0. The van der Waals surface area contributed by atoms with Crippen LogP contribution in [0.4, 0.5) is 0 Å². The number of benzene rings is 8. The monoisotopic (exact) mass is 728 g/mol. The molecule has 8 aromatic carbocycles. The zero-order valence-electron chi connectivity index (χ0n) is 31.4. The number of hydrogen-bond donors (Lipinski definition) is 0. The van der Waals surface area contributed by atoms with Crippen LogP contribution in [-0.2, 0) is 5.41 Å². The molecule has 1 unspecified atom stereocenters. The molecule has 2 heterocycles. The number of aromatic nitrogens is 2. The Morgan fingerprint density at radius 2 is 0.982 bits per heavy atom. The summed E-state index contributed by atoms with van der Waals surface area (Å²) in [7, 11) is 0. The van der Waals surface area contributed by atoms with Crippen molar-refractivity contribution >= 4 is 21.9 Å². The highest BCUT2D eigenvalue weighted by Gasteiger charge is 2.40. The van der Waals surface area contributed by atoms with Crippen molar-refractivity contribution in [2.45, 2.75) is 12.3 Å². The molecule has 2 aromatic heterocycles. The predicted octanol–water partition coefficient (Wildman–Crippen LogP) is 14.0. The maximum Gasteiger partial charge on any atom is 0.160 e. The van der Waals surface area contributed by atoms with E-state index in [2.05, 4.69) is 177 Å². The number of nitrogens with zero attached hydrogens (tertiary/aromatic N) is 2. The average Bonchev–Trinajstić information content (AvgIpc) is 3.80. The van der Waals surface area contributed by atoms with Gasteiger partial charge in [-0.2, -0.15) is 0 Å². The summed E-state index contributed by atoms with van der Waals surface area (Å²) in [6.45, 7) is 2.36. The van der Waals surface area contributed by atoms with Crippen LogP contribution in [0.15, 0.2) is 205 Å². The number of furan rings is 1. The highest BCUT2D eigenvalue weighted by atomic mass is 16.3. The first-order valence-electron chi connectivity index (χ1n) is 19.5. The molecular weight excluding hydrogens is 693 g/mol. The van der Waals surface area contributed by atoms with E-state index >= 15 is 0 Å². The van der Waals surface area contributed by atoms with Gasteiger partial charge in [-0.3, -0.25) is 0 Å². The maximum absolute atomic E-state index is 6.45. The Morgan fingerprint density at radius 1 is 0.386 bits per heavy atom. The van der Waals surface area contributed by atoms with Crippen LogP contribution in [0, 0.1) is 0 Å². The van der Waals surface area contributed by atoms with Crippen LogP contribution in [0.1, 0.15) is 23.6 Å². The number of fused-ring (bicyclic) bond motifs is 6. The standard InChI is InChI=1S/C54H36N2O/c1-54(39-20-6-3-7-21-39)47-28-12-10-23-42(47)46-33-37(30-31-48(46)54)40-22-8-9-24-43(40)50-34-49(55-53(56-50)35-16-4-2-5-17-35)38-19-14-18-36(32-38)41-26-15-27-45-44-25-11-13-29-51(44)57-52(41)45/h2-34H,1H3. The fourth-order valence-corrected chi connectivity index (χ4v) is 8.98. The van der Waals surface area contributed by atoms with Gasteiger partial charge in [-0.15, -0.1) is 0 Å². The zero-order chi connectivity index (χ0) is 37.9. The van der Waals surface area contributed by atoms with Crippen molar-refractivity contribution in [2.24, 2.45) is 0 Å². The zero-order valence-corrected chi connectivity index (χ0v) is 31.4. The molecule has 0 fully saturated rings. The average molecular weight is 729 g/mol. The molecule has 10 aromatic rings. The van der Waals surface area contributed by atoms with Crippen LogP contribution >= 0.6 is 0 Å². The van der Waals surface area contributed by atoms with Crippen LogP contribution in [0.3, 0.4) is 0 Å². The third-order valence-corrected chi connectivity index (χ3v) is 11.8. The number of para-hydroxylation sites is 2. The third kappa shape index (κ3) is 5.35. The lowest BCUT2D eigenvalue weighted by molar-refractivity contribution is 0.670. The lowest BCUT2D eigenvalue weighted by Crippen LogP contribution is -2.22. The van der Waals surface area contributed by atoms with Gasteiger partial charge in [0, 0.05) is 38.4 Å². The van der Waals surface area contributed by atoms with E-state index in [0.29, 0.717) is 5.82 Å². The van der Waals surface area contributed by atoms with Crippen LogP contribution in [0.5, 0.6) is 0 Å². The van der Waals surface area contributed by atoms with Crippen LogP contribution in [-0.4, -0.2) is 9.97 Å². The Morgan fingerprint density at radius 3 is 1.84 bits per heavy atom. The number of hydrogen-bond acceptors (Lipinski definition) is 3. The molecule has 1 atom stereocenters. The van der Waals surface area contributed by atoms with Crippen molar-refractivity contribution < 1.29 is 4.42 Å². The van der Waals surface area contributed by atoms with Crippen molar-refractivity contribution in [3.05, 3.63) is 217 Å². The second kappa shape index (κ2) is 13.1. The Kier molecular flexibility index (Phi) is 7.61. The molecule has 1 aliphatic rings. The fourth-order valence-electron chi connectivity index (χ4n) is 8.98. The summed E-state index contributed by atoms with van der Waals surface area (Å²) < 4.78 is 6.45. The molecule has 0 bridgehead atoms. The minimum atomic E-state index is -0.248. The van der Waals surface area contributed by atoms with Crippen LogP contribution < -0.4 is 0 Å². The van der Waals surface area contributed by atoms with E-state index in [4.69, 9.17) is 14.4 Å². The lowest BCUT2D eigenvalue weighted by Gasteiger charge is -2.28. The molecular formula is C54H36N2O. The first-order chi connectivity index (χ1) is 28.1. The van der Waals surface area contributed by atoms with Crippen LogP contribution in [0.2, 0.25) is 0 Å². The van der Waals surface area contributed by atoms with Crippen molar-refractivity contribution in [1.29, 1.82) is 0 Å². The summed E-state index contributed by atoms with van der Waals surface area (Å²) in [5.74, 6) is 0.684. The molecule has 0 spiro atoms. The maximum atomic E-state index is 6.45. The molecule has 3 nitrogen and oxygen atoms in total. The van der Waals surface area contributed by atoms with Gasteiger partial charge in [0.15, 0.2) is 5.82 Å². The Labute approximate surface area is 331 Å². The molecule has 3 heteroatoms. The van der Waals surface area contributed by atoms with Gasteiger partial charge in [0.25, 0.3) is 0 Å². The van der Waals surface area contributed by atoms with Gasteiger partial charge in [-0.25, -0.2) is 9.97 Å². The molecule has 0 amide bonds. The van der Waals surface area contributed by atoms with E-state index in [-0.39, 0.29) is 5.41 Å². The van der Waals surface area contributed by atoms with Gasteiger partial charge in [0.1, 0.15) is 11.2 Å². The minimum absolute atomic E-state index is 0.248. The van der Waals surface area contributed by atoms with Gasteiger partial charge in [-0.1, -0.05) is 176 Å². The molecule has 0 N–H and O–H groups in total. The smallest absolute Gasteiger partial charge is 0.160 e. The van der Waals surface area contributed by atoms with Crippen LogP contribution in [0.25, 0.3) is 89.2 Å². The third-order valence-electron chi connectivity index (χ3n) is 11.8. The summed E-state index contributed by atoms with van der Waals surface area (Å²) in [5.41, 5.74) is 17.2. The molecule has 0 saturated heterocycles. The summed E-state index contributed by atoms with van der Waals surface area (Å²) in [6, 6.07) is 71.0. The Balaban J connectivity index is 1.06. The molecule has 0 aliphatic heterocycles. The van der Waals surface area contributed by atoms with E-state index in [1.54, 1.807) is 0 Å². The number of rotatable bonds is 6. The molecule has 57 heavy (non-hydrogen) atoms. The fraction of sp³-hybridized carbons (Fsp3) is 0.0370.